The van der Waals surface area contributed by atoms with Gasteiger partial charge in [0, 0.05) is 22.2 Å². The van der Waals surface area contributed by atoms with Gasteiger partial charge in [-0.2, -0.15) is 0 Å². The van der Waals surface area contributed by atoms with E-state index in [2.05, 4.69) is 5.32 Å². The average molecular weight is 382 g/mol. The first-order chi connectivity index (χ1) is 12.6. The Morgan fingerprint density at radius 1 is 0.846 bits per heavy atom. The van der Waals surface area contributed by atoms with Crippen LogP contribution in [-0.4, -0.2) is 5.91 Å². The molecule has 2 nitrogen and oxygen atoms in total. The second-order valence-corrected chi connectivity index (χ2v) is 6.60. The number of nitrogens with one attached hydrogen (secondary N) is 1. The molecule has 130 valence electrons. The molecule has 0 aliphatic heterocycles. The molecule has 0 atom stereocenters. The molecule has 0 aliphatic rings. The lowest BCUT2D eigenvalue weighted by Crippen LogP contribution is -2.23. The lowest BCUT2D eigenvalue weighted by molar-refractivity contribution is -0.115. The molecule has 0 radical (unpaired) electrons. The molecule has 0 aromatic heterocycles. The Morgan fingerprint density at radius 2 is 1.50 bits per heavy atom. The van der Waals surface area contributed by atoms with E-state index in [0.29, 0.717) is 22.2 Å². The van der Waals surface area contributed by atoms with Crippen molar-refractivity contribution in [3.63, 3.8) is 0 Å². The highest BCUT2D eigenvalue weighted by atomic mass is 35.5. The van der Waals surface area contributed by atoms with Gasteiger partial charge in [0.2, 0.25) is 0 Å². The van der Waals surface area contributed by atoms with Gasteiger partial charge in [0.15, 0.2) is 0 Å². The van der Waals surface area contributed by atoms with Crippen molar-refractivity contribution in [2.24, 2.45) is 0 Å². The monoisotopic (exact) mass is 381 g/mol. The molecule has 3 aromatic carbocycles. The van der Waals surface area contributed by atoms with Crippen LogP contribution in [0.3, 0.4) is 0 Å². The summed E-state index contributed by atoms with van der Waals surface area (Å²) in [5.41, 5.74) is 3.18. The summed E-state index contributed by atoms with van der Waals surface area (Å²) in [5, 5.41) is 4.24. The summed E-state index contributed by atoms with van der Waals surface area (Å²) >= 11 is 12.2. The van der Waals surface area contributed by atoms with Crippen LogP contribution in [0.5, 0.6) is 0 Å². The van der Waals surface area contributed by atoms with E-state index in [1.807, 2.05) is 72.8 Å². The van der Waals surface area contributed by atoms with Crippen molar-refractivity contribution < 1.29 is 4.79 Å². The molecule has 1 amide bonds. The molecule has 1 N–H and O–H groups in total. The fourth-order valence-electron chi connectivity index (χ4n) is 2.53. The molecule has 4 heteroatoms. The predicted octanol–water partition coefficient (Wildman–Crippen LogP) is 5.85. The van der Waals surface area contributed by atoms with E-state index in [0.717, 1.165) is 16.7 Å². The van der Waals surface area contributed by atoms with Crippen LogP contribution < -0.4 is 5.32 Å². The quantitative estimate of drug-likeness (QED) is 0.435. The van der Waals surface area contributed by atoms with Gasteiger partial charge in [-0.3, -0.25) is 4.79 Å². The highest BCUT2D eigenvalue weighted by Crippen LogP contribution is 2.23. The zero-order valence-electron chi connectivity index (χ0n) is 14.0. The van der Waals surface area contributed by atoms with Gasteiger partial charge in [0.05, 0.1) is 0 Å². The molecular weight excluding hydrogens is 365 g/mol. The number of carbonyl (C=O) groups excluding carboxylic acids is 1. The summed E-state index contributed by atoms with van der Waals surface area (Å²) in [4.78, 5) is 12.9. The zero-order valence-corrected chi connectivity index (χ0v) is 15.5. The molecule has 0 fully saturated rings. The molecule has 26 heavy (non-hydrogen) atoms. The normalized spacial score (nSPS) is 11.2. The van der Waals surface area contributed by atoms with Crippen LogP contribution in [-0.2, 0) is 11.3 Å². The number of carbonyl (C=O) groups is 1. The van der Waals surface area contributed by atoms with E-state index in [1.54, 1.807) is 12.1 Å². The highest BCUT2D eigenvalue weighted by molar-refractivity contribution is 6.33. The van der Waals surface area contributed by atoms with Gasteiger partial charge in [-0.25, -0.2) is 0 Å². The SMILES string of the molecule is O=C(NCc1ccc(Cl)cc1)C(=Cc1ccccc1Cl)c1ccccc1. The topological polar surface area (TPSA) is 29.1 Å². The fraction of sp³-hybridized carbons (Fsp3) is 0.0455. The smallest absolute Gasteiger partial charge is 0.252 e. The lowest BCUT2D eigenvalue weighted by Gasteiger charge is -2.10. The largest absolute Gasteiger partial charge is 0.348 e. The van der Waals surface area contributed by atoms with E-state index in [1.165, 1.54) is 0 Å². The molecule has 0 aliphatic carbocycles. The first kappa shape index (κ1) is 18.2. The minimum Gasteiger partial charge on any atom is -0.348 e. The van der Waals surface area contributed by atoms with Crippen molar-refractivity contribution in [2.45, 2.75) is 6.54 Å². The van der Waals surface area contributed by atoms with E-state index in [4.69, 9.17) is 23.2 Å². The number of halogens is 2. The molecule has 0 unspecified atom stereocenters. The van der Waals surface area contributed by atoms with Gasteiger partial charge in [-0.15, -0.1) is 0 Å². The Bertz CT molecular complexity index is 918. The second kappa shape index (κ2) is 8.70. The van der Waals surface area contributed by atoms with Crippen LogP contribution in [0, 0.1) is 0 Å². The van der Waals surface area contributed by atoms with Crippen molar-refractivity contribution in [3.8, 4) is 0 Å². The lowest BCUT2D eigenvalue weighted by atomic mass is 10.0. The Labute approximate surface area is 163 Å². The molecule has 0 spiro atoms. The summed E-state index contributed by atoms with van der Waals surface area (Å²) in [5.74, 6) is -0.161. The van der Waals surface area contributed by atoms with Gasteiger partial charge in [-0.05, 0) is 41.0 Å². The number of hydrogen-bond donors (Lipinski definition) is 1. The first-order valence-corrected chi connectivity index (χ1v) is 8.93. The minimum absolute atomic E-state index is 0.161. The molecular formula is C22H17Cl2NO. The maximum Gasteiger partial charge on any atom is 0.252 e. The molecule has 3 rings (SSSR count). The van der Waals surface area contributed by atoms with E-state index >= 15 is 0 Å². The highest BCUT2D eigenvalue weighted by Gasteiger charge is 2.12. The fourth-order valence-corrected chi connectivity index (χ4v) is 2.84. The number of rotatable bonds is 5. The van der Waals surface area contributed by atoms with E-state index in [9.17, 15) is 4.79 Å². The van der Waals surface area contributed by atoms with Gasteiger partial charge in [-0.1, -0.05) is 83.9 Å². The molecule has 0 bridgehead atoms. The van der Waals surface area contributed by atoms with Gasteiger partial charge in [0.1, 0.15) is 0 Å². The average Bonchev–Trinajstić information content (AvgIpc) is 2.67. The van der Waals surface area contributed by atoms with Crippen LogP contribution in [0.4, 0.5) is 0 Å². The van der Waals surface area contributed by atoms with Crippen molar-refractivity contribution in [1.82, 2.24) is 5.32 Å². The number of amides is 1. The summed E-state index contributed by atoms with van der Waals surface area (Å²) < 4.78 is 0. The molecule has 0 saturated carbocycles. The zero-order chi connectivity index (χ0) is 18.4. The van der Waals surface area contributed by atoms with Gasteiger partial charge < -0.3 is 5.32 Å². The van der Waals surface area contributed by atoms with Gasteiger partial charge >= 0.3 is 0 Å². The van der Waals surface area contributed by atoms with Crippen LogP contribution in [0.1, 0.15) is 16.7 Å². The Morgan fingerprint density at radius 3 is 2.19 bits per heavy atom. The van der Waals surface area contributed by atoms with Crippen molar-refractivity contribution in [1.29, 1.82) is 0 Å². The Hall–Kier alpha value is -2.55. The second-order valence-electron chi connectivity index (χ2n) is 5.75. The van der Waals surface area contributed by atoms with Crippen LogP contribution in [0.2, 0.25) is 10.0 Å². The standard InChI is InChI=1S/C22H17Cl2NO/c23-19-12-10-16(11-13-19)15-25-22(26)20(17-6-2-1-3-7-17)14-18-8-4-5-9-21(18)24/h1-14H,15H2,(H,25,26). The Balaban J connectivity index is 1.87. The maximum atomic E-state index is 12.9. The summed E-state index contributed by atoms with van der Waals surface area (Å²) in [6, 6.07) is 24.4. The summed E-state index contributed by atoms with van der Waals surface area (Å²) in [6.07, 6.45) is 1.81. The third kappa shape index (κ3) is 4.75. The van der Waals surface area contributed by atoms with Gasteiger partial charge in [0.25, 0.3) is 5.91 Å². The van der Waals surface area contributed by atoms with Crippen LogP contribution in [0.25, 0.3) is 11.6 Å². The minimum atomic E-state index is -0.161. The molecule has 0 saturated heterocycles. The summed E-state index contributed by atoms with van der Waals surface area (Å²) in [7, 11) is 0. The number of benzene rings is 3. The molecule has 0 heterocycles. The Kier molecular flexibility index (Phi) is 6.11. The summed E-state index contributed by atoms with van der Waals surface area (Å²) in [6.45, 7) is 0.419. The predicted molar refractivity (Wildman–Crippen MR) is 109 cm³/mol. The third-order valence-electron chi connectivity index (χ3n) is 3.90. The molecule has 3 aromatic rings. The first-order valence-electron chi connectivity index (χ1n) is 8.18. The van der Waals surface area contributed by atoms with Crippen molar-refractivity contribution >= 4 is 40.8 Å². The van der Waals surface area contributed by atoms with Crippen LogP contribution in [0.15, 0.2) is 78.9 Å². The van der Waals surface area contributed by atoms with Crippen molar-refractivity contribution in [2.75, 3.05) is 0 Å². The van der Waals surface area contributed by atoms with E-state index < -0.39 is 0 Å². The van der Waals surface area contributed by atoms with E-state index in [-0.39, 0.29) is 5.91 Å². The third-order valence-corrected chi connectivity index (χ3v) is 4.50. The van der Waals surface area contributed by atoms with Crippen LogP contribution >= 0.6 is 23.2 Å². The number of hydrogen-bond acceptors (Lipinski definition) is 1. The maximum absolute atomic E-state index is 12.9. The van der Waals surface area contributed by atoms with Crippen molar-refractivity contribution in [3.05, 3.63) is 106 Å².